The van der Waals surface area contributed by atoms with E-state index in [1.807, 2.05) is 0 Å². The number of carbonyl (C=O) groups is 1. The third kappa shape index (κ3) is 6.75. The predicted octanol–water partition coefficient (Wildman–Crippen LogP) is 3.62. The first-order valence-corrected chi connectivity index (χ1v) is 12.9. The predicted molar refractivity (Wildman–Crippen MR) is 120 cm³/mol. The molecule has 6 nitrogen and oxygen atoms in total. The number of benzene rings is 1. The first-order chi connectivity index (χ1) is 14.9. The first-order valence-electron chi connectivity index (χ1n) is 10.4. The molecule has 1 amide bonds. The fourth-order valence-corrected chi connectivity index (χ4v) is 5.63. The van der Waals surface area contributed by atoms with Crippen LogP contribution in [0.1, 0.15) is 37.7 Å². The number of amides is 1. The van der Waals surface area contributed by atoms with Crippen LogP contribution in [0.5, 0.6) is 0 Å². The van der Waals surface area contributed by atoms with Crippen LogP contribution in [0.3, 0.4) is 0 Å². The number of nitrogens with one attached hydrogen (secondary N) is 1. The van der Waals surface area contributed by atoms with Gasteiger partial charge >= 0.3 is 0 Å². The molecule has 1 heterocycles. The van der Waals surface area contributed by atoms with Crippen LogP contribution in [-0.2, 0) is 21.2 Å². The summed E-state index contributed by atoms with van der Waals surface area (Å²) in [5.74, 6) is -0.233. The lowest BCUT2D eigenvalue weighted by atomic mass is 9.96. The van der Waals surface area contributed by atoms with Crippen LogP contribution >= 0.6 is 11.8 Å². The maximum absolute atomic E-state index is 12.9. The van der Waals surface area contributed by atoms with Gasteiger partial charge in [-0.2, -0.15) is 4.31 Å². The number of halogens is 1. The highest BCUT2D eigenvalue weighted by Gasteiger charge is 2.29. The average Bonchev–Trinajstić information content (AvgIpc) is 2.79. The molecule has 0 bridgehead atoms. The van der Waals surface area contributed by atoms with Crippen LogP contribution in [-0.4, -0.2) is 49.0 Å². The maximum atomic E-state index is 12.9. The number of carbonyl (C=O) groups excluding carboxylic acids is 1. The highest BCUT2D eigenvalue weighted by atomic mass is 32.2. The van der Waals surface area contributed by atoms with E-state index in [9.17, 15) is 17.6 Å². The standard InChI is InChI=1S/C22H28FN3O3S2/c1-26(19-5-3-2-4-6-19)31(28,29)20-11-12-22(25-15-20)30-16-21(27)24-14-13-17-7-9-18(23)10-8-17/h7-12,15,19H,2-6,13-14,16H2,1H3,(H,24,27). The minimum absolute atomic E-state index is 0.0476. The Morgan fingerprint density at radius 2 is 1.87 bits per heavy atom. The molecule has 1 fully saturated rings. The van der Waals surface area contributed by atoms with Gasteiger partial charge in [0.15, 0.2) is 0 Å². The highest BCUT2D eigenvalue weighted by molar-refractivity contribution is 7.99. The molecular formula is C22H28FN3O3S2. The van der Waals surface area contributed by atoms with Gasteiger partial charge in [0.25, 0.3) is 0 Å². The molecular weight excluding hydrogens is 437 g/mol. The summed E-state index contributed by atoms with van der Waals surface area (Å²) in [5.41, 5.74) is 0.950. The van der Waals surface area contributed by atoms with Gasteiger partial charge in [-0.1, -0.05) is 43.2 Å². The van der Waals surface area contributed by atoms with Crippen molar-refractivity contribution in [3.63, 3.8) is 0 Å². The zero-order valence-electron chi connectivity index (χ0n) is 17.6. The Morgan fingerprint density at radius 1 is 1.16 bits per heavy atom. The van der Waals surface area contributed by atoms with E-state index >= 15 is 0 Å². The Labute approximate surface area is 187 Å². The molecule has 3 rings (SSSR count). The Kier molecular flexibility index (Phi) is 8.45. The van der Waals surface area contributed by atoms with Crippen molar-refractivity contribution in [2.45, 2.75) is 54.5 Å². The summed E-state index contributed by atoms with van der Waals surface area (Å²) in [7, 11) is -1.93. The Balaban J connectivity index is 1.46. The van der Waals surface area contributed by atoms with Gasteiger partial charge in [-0.15, -0.1) is 0 Å². The van der Waals surface area contributed by atoms with Crippen LogP contribution in [0.2, 0.25) is 0 Å². The minimum Gasteiger partial charge on any atom is -0.355 e. The molecule has 1 aliphatic rings. The number of thioether (sulfide) groups is 1. The zero-order valence-corrected chi connectivity index (χ0v) is 19.2. The van der Waals surface area contributed by atoms with Crippen LogP contribution in [0.25, 0.3) is 0 Å². The van der Waals surface area contributed by atoms with E-state index in [0.717, 1.165) is 37.7 Å². The van der Waals surface area contributed by atoms with Crippen LogP contribution in [0, 0.1) is 5.82 Å². The fourth-order valence-electron chi connectivity index (χ4n) is 3.60. The molecule has 0 aliphatic heterocycles. The number of hydrogen-bond acceptors (Lipinski definition) is 5. The lowest BCUT2D eigenvalue weighted by Gasteiger charge is -2.30. The summed E-state index contributed by atoms with van der Waals surface area (Å²) < 4.78 is 40.1. The lowest BCUT2D eigenvalue weighted by Crippen LogP contribution is -2.38. The molecule has 1 aromatic carbocycles. The van der Waals surface area contributed by atoms with E-state index in [-0.39, 0.29) is 28.4 Å². The van der Waals surface area contributed by atoms with Crippen molar-refractivity contribution in [2.24, 2.45) is 0 Å². The Morgan fingerprint density at radius 3 is 2.52 bits per heavy atom. The molecule has 1 aliphatic carbocycles. The van der Waals surface area contributed by atoms with Gasteiger partial charge < -0.3 is 5.32 Å². The zero-order chi connectivity index (χ0) is 22.3. The third-order valence-electron chi connectivity index (χ3n) is 5.48. The second kappa shape index (κ2) is 11.1. The van der Waals surface area contributed by atoms with Crippen LogP contribution in [0.4, 0.5) is 4.39 Å². The second-order valence-electron chi connectivity index (χ2n) is 7.66. The molecule has 1 aromatic heterocycles. The smallest absolute Gasteiger partial charge is 0.244 e. The number of rotatable bonds is 9. The number of sulfonamides is 1. The summed E-state index contributed by atoms with van der Waals surface area (Å²) in [6.07, 6.45) is 7.06. The van der Waals surface area contributed by atoms with E-state index in [2.05, 4.69) is 10.3 Å². The molecule has 0 spiro atoms. The van der Waals surface area contributed by atoms with Gasteiger partial charge in [-0.25, -0.2) is 17.8 Å². The molecule has 0 atom stereocenters. The van der Waals surface area contributed by atoms with Gasteiger partial charge in [0.05, 0.1) is 10.8 Å². The van der Waals surface area contributed by atoms with E-state index in [4.69, 9.17) is 0 Å². The van der Waals surface area contributed by atoms with Gasteiger partial charge in [0, 0.05) is 25.8 Å². The van der Waals surface area contributed by atoms with E-state index in [0.29, 0.717) is 18.0 Å². The largest absolute Gasteiger partial charge is 0.355 e. The number of pyridine rings is 1. The molecule has 31 heavy (non-hydrogen) atoms. The average molecular weight is 466 g/mol. The molecule has 2 aromatic rings. The van der Waals surface area contributed by atoms with Crippen molar-refractivity contribution >= 4 is 27.7 Å². The minimum atomic E-state index is -3.57. The van der Waals surface area contributed by atoms with Gasteiger partial charge in [-0.3, -0.25) is 4.79 Å². The van der Waals surface area contributed by atoms with Crippen molar-refractivity contribution in [3.8, 4) is 0 Å². The summed E-state index contributed by atoms with van der Waals surface area (Å²) in [6.45, 7) is 0.461. The summed E-state index contributed by atoms with van der Waals surface area (Å²) in [6, 6.07) is 9.42. The normalized spacial score (nSPS) is 15.2. The van der Waals surface area contributed by atoms with Crippen molar-refractivity contribution < 1.29 is 17.6 Å². The first kappa shape index (κ1) is 23.7. The summed E-state index contributed by atoms with van der Waals surface area (Å²) in [4.78, 5) is 16.4. The Hall–Kier alpha value is -1.97. The van der Waals surface area contributed by atoms with Crippen molar-refractivity contribution in [1.29, 1.82) is 0 Å². The number of aromatic nitrogens is 1. The molecule has 1 N–H and O–H groups in total. The molecule has 168 valence electrons. The molecule has 0 unspecified atom stereocenters. The van der Waals surface area contributed by atoms with E-state index in [1.165, 1.54) is 34.4 Å². The maximum Gasteiger partial charge on any atom is 0.244 e. The van der Waals surface area contributed by atoms with E-state index in [1.54, 1.807) is 31.3 Å². The Bertz CT molecular complexity index is 961. The number of hydrogen-bond donors (Lipinski definition) is 1. The van der Waals surface area contributed by atoms with Crippen LogP contribution in [0.15, 0.2) is 52.5 Å². The van der Waals surface area contributed by atoms with Crippen molar-refractivity contribution in [1.82, 2.24) is 14.6 Å². The second-order valence-corrected chi connectivity index (χ2v) is 10.7. The quantitative estimate of drug-likeness (QED) is 0.572. The van der Waals surface area contributed by atoms with E-state index < -0.39 is 10.0 Å². The van der Waals surface area contributed by atoms with Crippen molar-refractivity contribution in [2.75, 3.05) is 19.3 Å². The topological polar surface area (TPSA) is 79.4 Å². The van der Waals surface area contributed by atoms with Crippen LogP contribution < -0.4 is 5.32 Å². The summed E-state index contributed by atoms with van der Waals surface area (Å²) in [5, 5.41) is 3.41. The van der Waals surface area contributed by atoms with Gasteiger partial charge in [0.2, 0.25) is 15.9 Å². The van der Waals surface area contributed by atoms with Gasteiger partial charge in [-0.05, 0) is 49.1 Å². The lowest BCUT2D eigenvalue weighted by molar-refractivity contribution is -0.118. The fraction of sp³-hybridized carbons (Fsp3) is 0.455. The molecule has 0 saturated heterocycles. The summed E-state index contributed by atoms with van der Waals surface area (Å²) >= 11 is 1.25. The highest BCUT2D eigenvalue weighted by Crippen LogP contribution is 2.27. The molecule has 1 saturated carbocycles. The SMILES string of the molecule is CN(C1CCCCC1)S(=O)(=O)c1ccc(SCC(=O)NCCc2ccc(F)cc2)nc1. The molecule has 9 heteroatoms. The third-order valence-corrected chi connectivity index (χ3v) is 8.31. The van der Waals surface area contributed by atoms with Crippen molar-refractivity contribution in [3.05, 3.63) is 54.0 Å². The monoisotopic (exact) mass is 465 g/mol. The van der Waals surface area contributed by atoms with Gasteiger partial charge in [0.1, 0.15) is 10.7 Å². The molecule has 0 radical (unpaired) electrons. The number of nitrogens with zero attached hydrogens (tertiary/aromatic N) is 2.